The maximum absolute atomic E-state index is 13.1. The molecule has 0 bridgehead atoms. The average molecular weight is 446 g/mol. The van der Waals surface area contributed by atoms with E-state index in [2.05, 4.69) is 10.3 Å². The summed E-state index contributed by atoms with van der Waals surface area (Å²) < 4.78 is 14.1. The number of carbonyl (C=O) groups excluding carboxylic acids is 2. The van der Waals surface area contributed by atoms with Gasteiger partial charge in [0.1, 0.15) is 5.82 Å². The molecule has 0 radical (unpaired) electrons. The van der Waals surface area contributed by atoms with Gasteiger partial charge in [0.15, 0.2) is 11.3 Å². The smallest absolute Gasteiger partial charge is 0.300 e. The fourth-order valence-electron chi connectivity index (χ4n) is 3.31. The molecule has 0 aliphatic carbocycles. The minimum absolute atomic E-state index is 0.0269. The molecule has 8 nitrogen and oxygen atoms in total. The molecule has 0 fully saturated rings. The number of halogens is 1. The first kappa shape index (κ1) is 21.7. The fourth-order valence-corrected chi connectivity index (χ4v) is 3.31. The molecule has 0 aliphatic heterocycles. The third-order valence-corrected chi connectivity index (χ3v) is 5.08. The van der Waals surface area contributed by atoms with E-state index < -0.39 is 28.7 Å². The molecule has 2 amide bonds. The first-order valence-corrected chi connectivity index (χ1v) is 9.97. The molecule has 9 heteroatoms. The summed E-state index contributed by atoms with van der Waals surface area (Å²) in [5.41, 5.74) is 0.0236. The lowest BCUT2D eigenvalue weighted by molar-refractivity contribution is 0.0942. The molecule has 0 spiro atoms. The molecule has 2 N–H and O–H groups in total. The Hall–Kier alpha value is -4.53. The number of aromatic hydroxyl groups is 1. The number of rotatable bonds is 5. The van der Waals surface area contributed by atoms with Crippen LogP contribution in [0.2, 0.25) is 0 Å². The van der Waals surface area contributed by atoms with Crippen molar-refractivity contribution >= 4 is 23.1 Å². The predicted molar refractivity (Wildman–Crippen MR) is 120 cm³/mol. The summed E-state index contributed by atoms with van der Waals surface area (Å²) in [5.74, 6) is -2.36. The summed E-state index contributed by atoms with van der Waals surface area (Å²) >= 11 is 0. The molecule has 4 rings (SSSR count). The van der Waals surface area contributed by atoms with Gasteiger partial charge in [0.25, 0.3) is 11.8 Å². The van der Waals surface area contributed by atoms with Gasteiger partial charge in [-0.05, 0) is 42.0 Å². The number of hydrogen-bond donors (Lipinski definition) is 2. The van der Waals surface area contributed by atoms with Crippen LogP contribution in [-0.2, 0) is 6.54 Å². The number of benzene rings is 2. The van der Waals surface area contributed by atoms with Crippen molar-refractivity contribution < 1.29 is 19.1 Å². The lowest BCUT2D eigenvalue weighted by Gasteiger charge is -2.19. The third kappa shape index (κ3) is 4.29. The maximum atomic E-state index is 13.1. The van der Waals surface area contributed by atoms with Crippen molar-refractivity contribution in [1.82, 2.24) is 14.7 Å². The van der Waals surface area contributed by atoms with Gasteiger partial charge >= 0.3 is 5.56 Å². The zero-order valence-electron chi connectivity index (χ0n) is 17.5. The molecule has 0 aliphatic rings. The Bertz CT molecular complexity index is 1400. The summed E-state index contributed by atoms with van der Waals surface area (Å²) in [6.45, 7) is 0.0354. The predicted octanol–water partition coefficient (Wildman–Crippen LogP) is 2.75. The zero-order chi connectivity index (χ0) is 23.5. The number of fused-ring (bicyclic) bond motifs is 1. The summed E-state index contributed by atoms with van der Waals surface area (Å²) in [4.78, 5) is 43.8. The number of pyridine rings is 1. The minimum atomic E-state index is -0.852. The Balaban J connectivity index is 1.71. The fraction of sp³-hybridized carbons (Fsp3) is 0.0833. The van der Waals surface area contributed by atoms with E-state index in [1.54, 1.807) is 36.4 Å². The number of anilines is 1. The second-order valence-electron chi connectivity index (χ2n) is 7.24. The highest BCUT2D eigenvalue weighted by Crippen LogP contribution is 2.22. The molecule has 2 aromatic heterocycles. The van der Waals surface area contributed by atoms with E-state index in [0.29, 0.717) is 11.1 Å². The Kier molecular flexibility index (Phi) is 5.86. The van der Waals surface area contributed by atoms with Gasteiger partial charge < -0.3 is 15.3 Å². The molecule has 166 valence electrons. The van der Waals surface area contributed by atoms with Crippen molar-refractivity contribution in [2.75, 3.05) is 11.9 Å². The summed E-state index contributed by atoms with van der Waals surface area (Å²) in [7, 11) is 1.53. The molecule has 0 saturated carbocycles. The van der Waals surface area contributed by atoms with E-state index in [0.717, 1.165) is 4.40 Å². The molecule has 2 aromatic carbocycles. The van der Waals surface area contributed by atoms with E-state index >= 15 is 0 Å². The number of nitrogens with zero attached hydrogens (tertiary/aromatic N) is 3. The molecule has 0 unspecified atom stereocenters. The number of carbonyl (C=O) groups is 2. The quantitative estimate of drug-likeness (QED) is 0.491. The van der Waals surface area contributed by atoms with Gasteiger partial charge in [0, 0.05) is 25.4 Å². The summed E-state index contributed by atoms with van der Waals surface area (Å²) in [5, 5.41) is 12.9. The first-order chi connectivity index (χ1) is 15.9. The van der Waals surface area contributed by atoms with Crippen LogP contribution in [0, 0.1) is 5.82 Å². The molecule has 33 heavy (non-hydrogen) atoms. The average Bonchev–Trinajstić information content (AvgIpc) is 2.85. The van der Waals surface area contributed by atoms with Crippen molar-refractivity contribution in [3.63, 3.8) is 0 Å². The van der Waals surface area contributed by atoms with E-state index in [1.807, 2.05) is 0 Å². The molecule has 2 heterocycles. The van der Waals surface area contributed by atoms with Crippen LogP contribution < -0.4 is 15.8 Å². The summed E-state index contributed by atoms with van der Waals surface area (Å²) in [6, 6.07) is 17.2. The first-order valence-electron chi connectivity index (χ1n) is 9.97. The number of nitrogens with one attached hydrogen (secondary N) is 1. The highest BCUT2D eigenvalue weighted by atomic mass is 19.1. The van der Waals surface area contributed by atoms with Gasteiger partial charge in [0.05, 0.1) is 5.69 Å². The Morgan fingerprint density at radius 3 is 2.45 bits per heavy atom. The lowest BCUT2D eigenvalue weighted by atomic mass is 10.2. The molecular formula is C24H19FN4O4. The second-order valence-corrected chi connectivity index (χ2v) is 7.24. The lowest BCUT2D eigenvalue weighted by Crippen LogP contribution is -2.30. The van der Waals surface area contributed by atoms with E-state index in [4.69, 9.17) is 0 Å². The SMILES string of the molecule is CN(C(=O)c1ccccc1)c1cccn2c(=O)c(O)c(C(=O)NCc3ccc(F)cc3)nc12. The molecule has 0 saturated heterocycles. The van der Waals surface area contributed by atoms with Crippen LogP contribution in [-0.4, -0.2) is 33.4 Å². The topological polar surface area (TPSA) is 104 Å². The molecule has 4 aromatic rings. The van der Waals surface area contributed by atoms with Crippen molar-refractivity contribution in [3.05, 3.63) is 106 Å². The normalized spacial score (nSPS) is 10.7. The van der Waals surface area contributed by atoms with Crippen LogP contribution in [0.1, 0.15) is 26.4 Å². The number of amides is 2. The van der Waals surface area contributed by atoms with Gasteiger partial charge in [-0.2, -0.15) is 0 Å². The standard InChI is InChI=1S/C24H19FN4O4/c1-28(23(32)16-6-3-2-4-7-16)18-8-5-13-29-21(18)27-19(20(30)24(29)33)22(31)26-14-15-9-11-17(25)12-10-15/h2-13,30H,14H2,1H3,(H,26,31). The summed E-state index contributed by atoms with van der Waals surface area (Å²) in [6.07, 6.45) is 1.38. The van der Waals surface area contributed by atoms with Crippen molar-refractivity contribution in [2.24, 2.45) is 0 Å². The number of aromatic nitrogens is 2. The Labute approximate surface area is 187 Å². The highest BCUT2D eigenvalue weighted by Gasteiger charge is 2.22. The van der Waals surface area contributed by atoms with Gasteiger partial charge in [-0.3, -0.25) is 18.8 Å². The Morgan fingerprint density at radius 2 is 1.76 bits per heavy atom. The zero-order valence-corrected chi connectivity index (χ0v) is 17.5. The number of hydrogen-bond acceptors (Lipinski definition) is 5. The van der Waals surface area contributed by atoms with E-state index in [1.165, 1.54) is 48.5 Å². The highest BCUT2D eigenvalue weighted by molar-refractivity contribution is 6.07. The maximum Gasteiger partial charge on any atom is 0.300 e. The van der Waals surface area contributed by atoms with Crippen LogP contribution >= 0.6 is 0 Å². The van der Waals surface area contributed by atoms with Crippen LogP contribution in [0.25, 0.3) is 5.65 Å². The second kappa shape index (κ2) is 8.91. The van der Waals surface area contributed by atoms with Crippen molar-refractivity contribution in [1.29, 1.82) is 0 Å². The monoisotopic (exact) mass is 446 g/mol. The largest absolute Gasteiger partial charge is 0.501 e. The van der Waals surface area contributed by atoms with Crippen LogP contribution in [0.4, 0.5) is 10.1 Å². The van der Waals surface area contributed by atoms with E-state index in [-0.39, 0.29) is 23.8 Å². The van der Waals surface area contributed by atoms with Gasteiger partial charge in [-0.25, -0.2) is 9.37 Å². The van der Waals surface area contributed by atoms with E-state index in [9.17, 15) is 23.9 Å². The molecule has 0 atom stereocenters. The van der Waals surface area contributed by atoms with Crippen molar-refractivity contribution in [2.45, 2.75) is 6.54 Å². The molecular weight excluding hydrogens is 427 g/mol. The minimum Gasteiger partial charge on any atom is -0.501 e. The van der Waals surface area contributed by atoms with Crippen LogP contribution in [0.5, 0.6) is 5.75 Å². The third-order valence-electron chi connectivity index (χ3n) is 5.08. The van der Waals surface area contributed by atoms with Crippen molar-refractivity contribution in [3.8, 4) is 5.75 Å². The van der Waals surface area contributed by atoms with Crippen LogP contribution in [0.15, 0.2) is 77.7 Å². The van der Waals surface area contributed by atoms with Gasteiger partial charge in [0.2, 0.25) is 5.75 Å². The van der Waals surface area contributed by atoms with Gasteiger partial charge in [-0.1, -0.05) is 30.3 Å². The van der Waals surface area contributed by atoms with Crippen LogP contribution in [0.3, 0.4) is 0 Å². The van der Waals surface area contributed by atoms with Gasteiger partial charge in [-0.15, -0.1) is 0 Å². The Morgan fingerprint density at radius 1 is 1.06 bits per heavy atom.